The molecule has 0 saturated heterocycles. The average molecular weight is 252 g/mol. The molecule has 0 aliphatic rings. The fourth-order valence-electron chi connectivity index (χ4n) is 1.50. The molecule has 1 N–H and O–H groups in total. The average Bonchev–Trinajstić information content (AvgIpc) is 2.30. The van der Waals surface area contributed by atoms with E-state index in [0.29, 0.717) is 0 Å². The second-order valence-corrected chi connectivity index (χ2v) is 3.70. The highest BCUT2D eigenvalue weighted by molar-refractivity contribution is 6.29. The lowest BCUT2D eigenvalue weighted by Gasteiger charge is -2.06. The van der Waals surface area contributed by atoms with E-state index in [4.69, 9.17) is 16.7 Å². The monoisotopic (exact) mass is 251 g/mol. The third-order valence-electron chi connectivity index (χ3n) is 2.23. The van der Waals surface area contributed by atoms with Gasteiger partial charge in [0.1, 0.15) is 11.0 Å². The Balaban J connectivity index is 2.68. The number of hydrogen-bond acceptors (Lipinski definition) is 2. The number of carboxylic acids is 1. The lowest BCUT2D eigenvalue weighted by Crippen LogP contribution is -2.04. The van der Waals surface area contributed by atoms with Crippen molar-refractivity contribution in [3.63, 3.8) is 0 Å². The predicted octanol–water partition coefficient (Wildman–Crippen LogP) is 3.24. The van der Waals surface area contributed by atoms with E-state index in [1.807, 2.05) is 0 Å². The van der Waals surface area contributed by atoms with Crippen molar-refractivity contribution in [3.8, 4) is 11.1 Å². The van der Waals surface area contributed by atoms with E-state index >= 15 is 0 Å². The Hall–Kier alpha value is -1.94. The lowest BCUT2D eigenvalue weighted by molar-refractivity contribution is 0.0691. The molecular formula is C12H7ClFNO2. The molecule has 0 radical (unpaired) electrons. The van der Waals surface area contributed by atoms with Crippen LogP contribution in [0.5, 0.6) is 0 Å². The van der Waals surface area contributed by atoms with Gasteiger partial charge in [0.25, 0.3) is 0 Å². The molecule has 0 bridgehead atoms. The summed E-state index contributed by atoms with van der Waals surface area (Å²) < 4.78 is 13.6. The molecule has 0 aliphatic carbocycles. The van der Waals surface area contributed by atoms with E-state index < -0.39 is 11.8 Å². The van der Waals surface area contributed by atoms with Gasteiger partial charge in [0.2, 0.25) is 0 Å². The van der Waals surface area contributed by atoms with Crippen molar-refractivity contribution < 1.29 is 14.3 Å². The summed E-state index contributed by atoms with van der Waals surface area (Å²) in [6.45, 7) is 0. The van der Waals surface area contributed by atoms with Crippen LogP contribution in [0, 0.1) is 5.82 Å². The van der Waals surface area contributed by atoms with Crippen LogP contribution in [-0.4, -0.2) is 16.1 Å². The fourth-order valence-corrected chi connectivity index (χ4v) is 1.64. The highest BCUT2D eigenvalue weighted by Crippen LogP contribution is 2.26. The second-order valence-electron chi connectivity index (χ2n) is 3.32. The summed E-state index contributed by atoms with van der Waals surface area (Å²) in [5.41, 5.74) is 0.136. The number of benzene rings is 1. The number of carbonyl (C=O) groups is 1. The van der Waals surface area contributed by atoms with Gasteiger partial charge < -0.3 is 5.11 Å². The molecule has 0 unspecified atom stereocenters. The first-order valence-corrected chi connectivity index (χ1v) is 5.12. The Morgan fingerprint density at radius 3 is 2.53 bits per heavy atom. The van der Waals surface area contributed by atoms with E-state index in [-0.39, 0.29) is 22.0 Å². The van der Waals surface area contributed by atoms with Gasteiger partial charge in [-0.25, -0.2) is 14.2 Å². The van der Waals surface area contributed by atoms with Crippen molar-refractivity contribution in [2.75, 3.05) is 0 Å². The van der Waals surface area contributed by atoms with E-state index in [1.165, 1.54) is 30.3 Å². The molecule has 0 aliphatic heterocycles. The van der Waals surface area contributed by atoms with Gasteiger partial charge in [0, 0.05) is 11.1 Å². The fraction of sp³-hybridized carbons (Fsp3) is 0. The molecule has 1 aromatic heterocycles. The first-order valence-electron chi connectivity index (χ1n) is 4.74. The smallest absolute Gasteiger partial charge is 0.355 e. The number of halogens is 2. The van der Waals surface area contributed by atoms with Crippen LogP contribution >= 0.6 is 11.6 Å². The Morgan fingerprint density at radius 1 is 1.18 bits per heavy atom. The Morgan fingerprint density at radius 2 is 1.88 bits per heavy atom. The van der Waals surface area contributed by atoms with Crippen molar-refractivity contribution in [3.05, 3.63) is 53.1 Å². The standard InChI is InChI=1S/C12H7ClFNO2/c13-10-6-5-8(11(15-10)12(16)17)7-3-1-2-4-9(7)14/h1-6H,(H,16,17). The number of rotatable bonds is 2. The molecule has 0 spiro atoms. The molecule has 5 heteroatoms. The maximum absolute atomic E-state index is 13.6. The van der Waals surface area contributed by atoms with Gasteiger partial charge in [-0.05, 0) is 18.2 Å². The highest BCUT2D eigenvalue weighted by Gasteiger charge is 2.16. The number of carboxylic acid groups (broad SMARTS) is 1. The predicted molar refractivity (Wildman–Crippen MR) is 61.6 cm³/mol. The topological polar surface area (TPSA) is 50.2 Å². The van der Waals surface area contributed by atoms with Gasteiger partial charge in [0.15, 0.2) is 5.69 Å². The zero-order valence-electron chi connectivity index (χ0n) is 8.52. The zero-order valence-corrected chi connectivity index (χ0v) is 9.28. The summed E-state index contributed by atoms with van der Waals surface area (Å²) in [7, 11) is 0. The van der Waals surface area contributed by atoms with Gasteiger partial charge in [-0.15, -0.1) is 0 Å². The van der Waals surface area contributed by atoms with E-state index in [1.54, 1.807) is 6.07 Å². The Kier molecular flexibility index (Phi) is 3.06. The largest absolute Gasteiger partial charge is 0.476 e. The van der Waals surface area contributed by atoms with Crippen LogP contribution in [0.4, 0.5) is 4.39 Å². The van der Waals surface area contributed by atoms with Crippen molar-refractivity contribution in [1.29, 1.82) is 0 Å². The van der Waals surface area contributed by atoms with Crippen LogP contribution < -0.4 is 0 Å². The van der Waals surface area contributed by atoms with Gasteiger partial charge in [-0.3, -0.25) is 0 Å². The number of aromatic nitrogens is 1. The van der Waals surface area contributed by atoms with Crippen molar-refractivity contribution in [2.45, 2.75) is 0 Å². The molecule has 0 atom stereocenters. The summed E-state index contributed by atoms with van der Waals surface area (Å²) in [5, 5.41) is 9.06. The Labute approximate surface area is 101 Å². The van der Waals surface area contributed by atoms with E-state index in [0.717, 1.165) is 0 Å². The molecule has 3 nitrogen and oxygen atoms in total. The number of hydrogen-bond donors (Lipinski definition) is 1. The molecule has 17 heavy (non-hydrogen) atoms. The maximum Gasteiger partial charge on any atom is 0.355 e. The molecular weight excluding hydrogens is 245 g/mol. The first-order chi connectivity index (χ1) is 8.09. The van der Waals surface area contributed by atoms with Crippen molar-refractivity contribution >= 4 is 17.6 Å². The van der Waals surface area contributed by atoms with E-state index in [9.17, 15) is 9.18 Å². The van der Waals surface area contributed by atoms with Crippen molar-refractivity contribution in [2.24, 2.45) is 0 Å². The summed E-state index contributed by atoms with van der Waals surface area (Å²) in [4.78, 5) is 14.7. The molecule has 0 saturated carbocycles. The van der Waals surface area contributed by atoms with Crippen LogP contribution in [-0.2, 0) is 0 Å². The van der Waals surface area contributed by atoms with Gasteiger partial charge in [0.05, 0.1) is 0 Å². The third kappa shape index (κ3) is 2.26. The molecule has 0 amide bonds. The van der Waals surface area contributed by atoms with Crippen LogP contribution in [0.2, 0.25) is 5.15 Å². The maximum atomic E-state index is 13.6. The third-order valence-corrected chi connectivity index (χ3v) is 2.44. The number of nitrogens with zero attached hydrogens (tertiary/aromatic N) is 1. The Bertz CT molecular complexity index is 586. The minimum atomic E-state index is -1.24. The number of pyridine rings is 1. The minimum Gasteiger partial charge on any atom is -0.476 e. The van der Waals surface area contributed by atoms with Gasteiger partial charge in [-0.2, -0.15) is 0 Å². The second kappa shape index (κ2) is 4.51. The van der Waals surface area contributed by atoms with Gasteiger partial charge >= 0.3 is 5.97 Å². The van der Waals surface area contributed by atoms with Crippen molar-refractivity contribution in [1.82, 2.24) is 4.98 Å². The first kappa shape index (κ1) is 11.5. The number of aromatic carboxylic acids is 1. The molecule has 1 aromatic carbocycles. The quantitative estimate of drug-likeness (QED) is 0.834. The molecule has 1 heterocycles. The van der Waals surface area contributed by atoms with Crippen LogP contribution in [0.3, 0.4) is 0 Å². The normalized spacial score (nSPS) is 10.2. The minimum absolute atomic E-state index is 0.0579. The van der Waals surface area contributed by atoms with Crippen LogP contribution in [0.1, 0.15) is 10.5 Å². The molecule has 2 aromatic rings. The SMILES string of the molecule is O=C(O)c1nc(Cl)ccc1-c1ccccc1F. The molecule has 0 fully saturated rings. The summed E-state index contributed by atoms with van der Waals surface area (Å²) >= 11 is 5.62. The lowest BCUT2D eigenvalue weighted by atomic mass is 10.0. The van der Waals surface area contributed by atoms with Crippen LogP contribution in [0.15, 0.2) is 36.4 Å². The molecule has 2 rings (SSSR count). The van der Waals surface area contributed by atoms with Gasteiger partial charge in [-0.1, -0.05) is 29.8 Å². The summed E-state index contributed by atoms with van der Waals surface area (Å²) in [5.74, 6) is -1.75. The zero-order chi connectivity index (χ0) is 12.4. The highest BCUT2D eigenvalue weighted by atomic mass is 35.5. The molecule has 86 valence electrons. The summed E-state index contributed by atoms with van der Waals surface area (Å²) in [6.07, 6.45) is 0. The summed E-state index contributed by atoms with van der Waals surface area (Å²) in [6, 6.07) is 8.77. The van der Waals surface area contributed by atoms with E-state index in [2.05, 4.69) is 4.98 Å². The van der Waals surface area contributed by atoms with Crippen LogP contribution in [0.25, 0.3) is 11.1 Å².